The second-order valence-electron chi connectivity index (χ2n) is 3.66. The summed E-state index contributed by atoms with van der Waals surface area (Å²) in [7, 11) is 0. The third kappa shape index (κ3) is 3.07. The van der Waals surface area contributed by atoms with E-state index in [1.807, 2.05) is 0 Å². The summed E-state index contributed by atoms with van der Waals surface area (Å²) in [6, 6.07) is 2.43. The van der Waals surface area contributed by atoms with Crippen molar-refractivity contribution in [3.05, 3.63) is 39.5 Å². The van der Waals surface area contributed by atoms with Crippen LogP contribution in [0.15, 0.2) is 17.2 Å². The Balaban J connectivity index is 2.99. The molecule has 6 nitrogen and oxygen atoms in total. The Morgan fingerprint density at radius 3 is 2.76 bits per heavy atom. The number of aliphatic hydroxyl groups is 2. The molecule has 0 bridgehead atoms. The van der Waals surface area contributed by atoms with Gasteiger partial charge in [-0.2, -0.15) is 0 Å². The fraction of sp³-hybridized carbons (Fsp3) is 0.400. The zero-order valence-electron chi connectivity index (χ0n) is 9.21. The minimum atomic E-state index is -1.48. The predicted octanol–water partition coefficient (Wildman–Crippen LogP) is 1.42. The van der Waals surface area contributed by atoms with E-state index in [4.69, 9.17) is 11.3 Å². The summed E-state index contributed by atoms with van der Waals surface area (Å²) in [6.45, 7) is 1.29. The first-order valence-corrected chi connectivity index (χ1v) is 4.90. The van der Waals surface area contributed by atoms with Gasteiger partial charge in [-0.1, -0.05) is 5.11 Å². The second-order valence-corrected chi connectivity index (χ2v) is 3.66. The molecule has 0 aliphatic rings. The third-order valence-corrected chi connectivity index (χ3v) is 2.40. The first kappa shape index (κ1) is 13.2. The molecule has 17 heavy (non-hydrogen) atoms. The molecule has 0 saturated carbocycles. The molecule has 0 radical (unpaired) electrons. The lowest BCUT2D eigenvalue weighted by atomic mass is 10.0. The molecule has 1 aromatic rings. The van der Waals surface area contributed by atoms with Gasteiger partial charge < -0.3 is 15.9 Å². The normalized spacial score (nSPS) is 13.9. The zero-order valence-corrected chi connectivity index (χ0v) is 9.21. The van der Waals surface area contributed by atoms with Gasteiger partial charge in [0.1, 0.15) is 11.9 Å². The average Bonchev–Trinajstić information content (AvgIpc) is 2.29. The highest BCUT2D eigenvalue weighted by Gasteiger charge is 2.21. The number of nitrogen functional groups attached to an aromatic ring is 1. The van der Waals surface area contributed by atoms with E-state index in [-0.39, 0.29) is 12.1 Å². The third-order valence-electron chi connectivity index (χ3n) is 2.40. The lowest BCUT2D eigenvalue weighted by Gasteiger charge is -2.18. The van der Waals surface area contributed by atoms with Crippen molar-refractivity contribution in [2.45, 2.75) is 19.1 Å². The molecular weight excluding hydrogens is 227 g/mol. The predicted molar refractivity (Wildman–Crippen MR) is 60.5 cm³/mol. The van der Waals surface area contributed by atoms with Crippen molar-refractivity contribution in [3.8, 4) is 0 Å². The van der Waals surface area contributed by atoms with Gasteiger partial charge in [0.05, 0.1) is 12.6 Å². The molecule has 0 saturated heterocycles. The summed E-state index contributed by atoms with van der Waals surface area (Å²) < 4.78 is 13.5. The van der Waals surface area contributed by atoms with Gasteiger partial charge in [0.2, 0.25) is 0 Å². The summed E-state index contributed by atoms with van der Waals surface area (Å²) in [4.78, 5) is 2.44. The topological polar surface area (TPSA) is 115 Å². The van der Waals surface area contributed by atoms with Crippen molar-refractivity contribution in [3.63, 3.8) is 0 Å². The molecule has 2 atom stereocenters. The fourth-order valence-electron chi connectivity index (χ4n) is 1.36. The van der Waals surface area contributed by atoms with Crippen LogP contribution in [0.4, 0.5) is 10.1 Å². The summed E-state index contributed by atoms with van der Waals surface area (Å²) >= 11 is 0. The van der Waals surface area contributed by atoms with Gasteiger partial charge in [-0.05, 0) is 30.2 Å². The lowest BCUT2D eigenvalue weighted by molar-refractivity contribution is 0.0223. The molecule has 4 N–H and O–H groups in total. The number of halogens is 1. The van der Waals surface area contributed by atoms with Crippen molar-refractivity contribution in [1.82, 2.24) is 0 Å². The quantitative estimate of drug-likeness (QED) is 0.320. The van der Waals surface area contributed by atoms with E-state index in [1.165, 1.54) is 12.1 Å². The molecule has 0 aromatic heterocycles. The van der Waals surface area contributed by atoms with E-state index in [9.17, 15) is 14.6 Å². The molecule has 0 spiro atoms. The number of azide groups is 1. The molecule has 7 heteroatoms. The van der Waals surface area contributed by atoms with Gasteiger partial charge in [-0.3, -0.25) is 0 Å². The van der Waals surface area contributed by atoms with Crippen molar-refractivity contribution in [2.75, 3.05) is 12.3 Å². The van der Waals surface area contributed by atoms with Gasteiger partial charge >= 0.3 is 0 Å². The number of aliphatic hydroxyl groups excluding tert-OH is 2. The van der Waals surface area contributed by atoms with E-state index in [0.717, 1.165) is 0 Å². The Bertz CT molecular complexity index is 460. The molecule has 0 heterocycles. The number of hydrogen-bond donors (Lipinski definition) is 3. The van der Waals surface area contributed by atoms with E-state index >= 15 is 0 Å². The van der Waals surface area contributed by atoms with Crippen LogP contribution in [0.5, 0.6) is 0 Å². The van der Waals surface area contributed by atoms with Crippen molar-refractivity contribution >= 4 is 5.69 Å². The maximum absolute atomic E-state index is 13.5. The minimum Gasteiger partial charge on any atom is -0.399 e. The number of hydrogen-bond acceptors (Lipinski definition) is 4. The van der Waals surface area contributed by atoms with Crippen LogP contribution in [0.2, 0.25) is 0 Å². The van der Waals surface area contributed by atoms with Crippen molar-refractivity contribution < 1.29 is 14.6 Å². The highest BCUT2D eigenvalue weighted by Crippen LogP contribution is 2.25. The van der Waals surface area contributed by atoms with Gasteiger partial charge in [-0.25, -0.2) is 4.39 Å². The van der Waals surface area contributed by atoms with Crippen LogP contribution in [0, 0.1) is 12.7 Å². The molecule has 1 aromatic carbocycles. The van der Waals surface area contributed by atoms with Gasteiger partial charge in [0.25, 0.3) is 0 Å². The van der Waals surface area contributed by atoms with Crippen LogP contribution in [0.1, 0.15) is 17.2 Å². The van der Waals surface area contributed by atoms with Crippen molar-refractivity contribution in [2.24, 2.45) is 5.11 Å². The van der Waals surface area contributed by atoms with Gasteiger partial charge in [-0.15, -0.1) is 0 Å². The molecule has 1 rings (SSSR count). The van der Waals surface area contributed by atoms with Crippen LogP contribution in [0.25, 0.3) is 10.4 Å². The Kier molecular flexibility index (Phi) is 4.28. The number of nitrogens with zero attached hydrogens (tertiary/aromatic N) is 3. The Morgan fingerprint density at radius 1 is 1.53 bits per heavy atom. The van der Waals surface area contributed by atoms with Gasteiger partial charge in [0, 0.05) is 16.2 Å². The fourth-order valence-corrected chi connectivity index (χ4v) is 1.36. The van der Waals surface area contributed by atoms with Gasteiger partial charge in [0.15, 0.2) is 0 Å². The SMILES string of the molecule is Cc1cc(F)c(C(O)C(O)CN=[N+]=[N-])cc1N. The molecule has 0 amide bonds. The molecule has 0 aliphatic heterocycles. The number of anilines is 1. The van der Waals surface area contributed by atoms with E-state index in [2.05, 4.69) is 10.0 Å². The molecule has 2 unspecified atom stereocenters. The summed E-state index contributed by atoms with van der Waals surface area (Å²) in [5.74, 6) is -0.663. The maximum Gasteiger partial charge on any atom is 0.129 e. The van der Waals surface area contributed by atoms with E-state index in [1.54, 1.807) is 6.92 Å². The Morgan fingerprint density at radius 2 is 2.18 bits per heavy atom. The molecule has 0 aliphatic carbocycles. The zero-order chi connectivity index (χ0) is 13.0. The highest BCUT2D eigenvalue weighted by atomic mass is 19.1. The molecule has 92 valence electrons. The monoisotopic (exact) mass is 240 g/mol. The minimum absolute atomic E-state index is 0.117. The summed E-state index contributed by atoms with van der Waals surface area (Å²) in [5, 5.41) is 22.3. The van der Waals surface area contributed by atoms with E-state index < -0.39 is 18.0 Å². The summed E-state index contributed by atoms with van der Waals surface area (Å²) in [5.41, 5.74) is 14.4. The number of rotatable bonds is 4. The summed E-state index contributed by atoms with van der Waals surface area (Å²) in [6.07, 6.45) is -2.86. The number of benzene rings is 1. The number of aryl methyl sites for hydroxylation is 1. The lowest BCUT2D eigenvalue weighted by Crippen LogP contribution is -2.22. The van der Waals surface area contributed by atoms with Crippen LogP contribution >= 0.6 is 0 Å². The van der Waals surface area contributed by atoms with Crippen LogP contribution in [-0.2, 0) is 0 Å². The number of nitrogens with two attached hydrogens (primary N) is 1. The smallest absolute Gasteiger partial charge is 0.129 e. The standard InChI is InChI=1S/C10H13FN4O2/c1-5-2-7(11)6(3-8(5)12)10(17)9(16)4-14-15-13/h2-3,9-10,16-17H,4,12H2,1H3. The van der Waals surface area contributed by atoms with Crippen LogP contribution < -0.4 is 5.73 Å². The van der Waals surface area contributed by atoms with Crippen LogP contribution in [0.3, 0.4) is 0 Å². The first-order valence-electron chi connectivity index (χ1n) is 4.90. The average molecular weight is 240 g/mol. The maximum atomic E-state index is 13.5. The second kappa shape index (κ2) is 5.49. The van der Waals surface area contributed by atoms with Crippen LogP contribution in [-0.4, -0.2) is 22.9 Å². The first-order chi connectivity index (χ1) is 7.97. The largest absolute Gasteiger partial charge is 0.399 e. The Labute approximate surface area is 97.1 Å². The van der Waals surface area contributed by atoms with Crippen molar-refractivity contribution in [1.29, 1.82) is 0 Å². The Hall–Kier alpha value is -1.82. The molecular formula is C10H13FN4O2. The molecule has 0 fully saturated rings. The highest BCUT2D eigenvalue weighted by molar-refractivity contribution is 5.49. The van der Waals surface area contributed by atoms with E-state index in [0.29, 0.717) is 11.3 Å².